The van der Waals surface area contributed by atoms with Crippen molar-refractivity contribution in [1.29, 1.82) is 0 Å². The van der Waals surface area contributed by atoms with E-state index < -0.39 is 5.09 Å². The molecule has 0 amide bonds. The van der Waals surface area contributed by atoms with E-state index in [1.54, 1.807) is 0 Å². The summed E-state index contributed by atoms with van der Waals surface area (Å²) >= 11 is 0. The summed E-state index contributed by atoms with van der Waals surface area (Å²) in [6.45, 7) is 0.111. The smallest absolute Gasteiger partial charge is 0.294 e. The molecule has 70 valence electrons. The molecule has 12 heavy (non-hydrogen) atoms. The normalized spacial score (nSPS) is 9.00. The van der Waals surface area contributed by atoms with E-state index in [4.69, 9.17) is 4.74 Å². The summed E-state index contributed by atoms with van der Waals surface area (Å²) in [6.07, 6.45) is 0. The fourth-order valence-electron chi connectivity index (χ4n) is 0.406. The molecule has 0 aromatic heterocycles. The van der Waals surface area contributed by atoms with Crippen molar-refractivity contribution in [3.8, 4) is 0 Å². The van der Waals surface area contributed by atoms with Gasteiger partial charge in [-0.3, -0.25) is 0 Å². The van der Waals surface area contributed by atoms with Crippen LogP contribution in [0.1, 0.15) is 0 Å². The zero-order valence-electron chi connectivity index (χ0n) is 6.17. The highest BCUT2D eigenvalue weighted by Crippen LogP contribution is 1.80. The highest BCUT2D eigenvalue weighted by Gasteiger charge is 1.94. The van der Waals surface area contributed by atoms with Crippen LogP contribution >= 0.6 is 0 Å². The lowest BCUT2D eigenvalue weighted by atomic mass is 10.7. The molecular formula is C4H8N2O6. The molecule has 0 unspecified atom stereocenters. The first-order valence-corrected chi connectivity index (χ1v) is 3.07. The Labute approximate surface area is 67.4 Å². The standard InChI is InChI=1S/C4H8N2O6/c7-5-11-3-1-10-2-4-12-6(8)9/h1-4H2. The number of nitrogens with zero attached hydrogens (tertiary/aromatic N) is 2. The van der Waals surface area contributed by atoms with Crippen LogP contribution in [0, 0.1) is 15.0 Å². The Morgan fingerprint density at radius 2 is 1.92 bits per heavy atom. The largest absolute Gasteiger partial charge is 0.376 e. The summed E-state index contributed by atoms with van der Waals surface area (Å²) in [7, 11) is 0. The number of hydrogen-bond acceptors (Lipinski definition) is 7. The summed E-state index contributed by atoms with van der Waals surface area (Å²) in [5.74, 6) is 0. The number of hydrogen-bond donors (Lipinski definition) is 0. The summed E-state index contributed by atoms with van der Waals surface area (Å²) in [5.41, 5.74) is 0. The van der Waals surface area contributed by atoms with E-state index in [9.17, 15) is 15.0 Å². The van der Waals surface area contributed by atoms with Gasteiger partial charge in [0, 0.05) is 0 Å². The third-order valence-electron chi connectivity index (χ3n) is 0.796. The zero-order chi connectivity index (χ0) is 9.23. The average molecular weight is 180 g/mol. The molecule has 0 fully saturated rings. The van der Waals surface area contributed by atoms with Gasteiger partial charge >= 0.3 is 0 Å². The van der Waals surface area contributed by atoms with Crippen LogP contribution in [0.2, 0.25) is 0 Å². The Morgan fingerprint density at radius 1 is 1.25 bits per heavy atom. The van der Waals surface area contributed by atoms with Gasteiger partial charge in [-0.15, -0.1) is 15.0 Å². The topological polar surface area (TPSA) is 100 Å². The minimum absolute atomic E-state index is 0.0297. The number of ether oxygens (including phenoxy) is 1. The lowest BCUT2D eigenvalue weighted by Gasteiger charge is -2.00. The Kier molecular flexibility index (Phi) is 6.74. The first-order chi connectivity index (χ1) is 5.77. The quantitative estimate of drug-likeness (QED) is 0.224. The van der Waals surface area contributed by atoms with Crippen LogP contribution < -0.4 is 0 Å². The molecule has 0 saturated heterocycles. The zero-order valence-corrected chi connectivity index (χ0v) is 6.17. The predicted molar refractivity (Wildman–Crippen MR) is 35.5 cm³/mol. The lowest BCUT2D eigenvalue weighted by molar-refractivity contribution is -0.758. The van der Waals surface area contributed by atoms with E-state index >= 15 is 0 Å². The van der Waals surface area contributed by atoms with Crippen LogP contribution in [-0.4, -0.2) is 31.5 Å². The van der Waals surface area contributed by atoms with E-state index in [2.05, 4.69) is 15.0 Å². The van der Waals surface area contributed by atoms with E-state index in [0.717, 1.165) is 0 Å². The molecule has 0 aliphatic rings. The molecule has 0 aromatic carbocycles. The summed E-state index contributed by atoms with van der Waals surface area (Å²) in [4.78, 5) is 26.9. The molecule has 0 saturated carbocycles. The molecule has 0 heterocycles. The van der Waals surface area contributed by atoms with Gasteiger partial charge in [0.15, 0.2) is 5.34 Å². The second-order valence-corrected chi connectivity index (χ2v) is 1.58. The van der Waals surface area contributed by atoms with Gasteiger partial charge in [0.2, 0.25) is 0 Å². The average Bonchev–Trinajstić information content (AvgIpc) is 2.02. The Bertz CT molecular complexity index is 140. The van der Waals surface area contributed by atoms with Crippen molar-refractivity contribution in [2.24, 2.45) is 5.34 Å². The first kappa shape index (κ1) is 10.6. The van der Waals surface area contributed by atoms with Crippen LogP contribution in [0.4, 0.5) is 0 Å². The summed E-state index contributed by atoms with van der Waals surface area (Å²) < 4.78 is 4.73. The second-order valence-electron chi connectivity index (χ2n) is 1.58. The molecule has 0 bridgehead atoms. The molecule has 0 spiro atoms. The van der Waals surface area contributed by atoms with E-state index in [1.165, 1.54) is 0 Å². The van der Waals surface area contributed by atoms with Crippen LogP contribution in [0.15, 0.2) is 5.34 Å². The van der Waals surface area contributed by atoms with Crippen molar-refractivity contribution in [3.63, 3.8) is 0 Å². The highest BCUT2D eigenvalue weighted by atomic mass is 17.0. The van der Waals surface area contributed by atoms with Gasteiger partial charge < -0.3 is 14.4 Å². The van der Waals surface area contributed by atoms with Crippen LogP contribution in [0.5, 0.6) is 0 Å². The lowest BCUT2D eigenvalue weighted by Crippen LogP contribution is -2.10. The van der Waals surface area contributed by atoms with Gasteiger partial charge in [0.1, 0.15) is 13.2 Å². The maximum atomic E-state index is 9.58. The molecule has 0 aliphatic carbocycles. The Balaban J connectivity index is 2.90. The molecule has 0 radical (unpaired) electrons. The van der Waals surface area contributed by atoms with Crippen LogP contribution in [0.3, 0.4) is 0 Å². The minimum atomic E-state index is -0.910. The maximum absolute atomic E-state index is 9.58. The SMILES string of the molecule is O=NOCCOCCO[N+](=O)[O-]. The summed E-state index contributed by atoms with van der Waals surface area (Å²) in [6, 6.07) is 0. The third-order valence-corrected chi connectivity index (χ3v) is 0.796. The molecule has 0 atom stereocenters. The van der Waals surface area contributed by atoms with Gasteiger partial charge in [0.05, 0.1) is 13.2 Å². The number of rotatable bonds is 8. The Hall–Kier alpha value is -1.44. The molecule has 0 aliphatic heterocycles. The first-order valence-electron chi connectivity index (χ1n) is 3.07. The molecular weight excluding hydrogens is 172 g/mol. The fourth-order valence-corrected chi connectivity index (χ4v) is 0.406. The van der Waals surface area contributed by atoms with Gasteiger partial charge in [-0.2, -0.15) is 0 Å². The predicted octanol–water partition coefficient (Wildman–Crippen LogP) is -0.0907. The van der Waals surface area contributed by atoms with Crippen molar-refractivity contribution in [2.45, 2.75) is 0 Å². The third kappa shape index (κ3) is 8.56. The fraction of sp³-hybridized carbons (Fsp3) is 1.00. The monoisotopic (exact) mass is 180 g/mol. The van der Waals surface area contributed by atoms with E-state index in [1.807, 2.05) is 0 Å². The van der Waals surface area contributed by atoms with Gasteiger partial charge in [-0.1, -0.05) is 0 Å². The van der Waals surface area contributed by atoms with Crippen molar-refractivity contribution in [2.75, 3.05) is 26.4 Å². The van der Waals surface area contributed by atoms with Gasteiger partial charge in [-0.05, 0) is 0 Å². The maximum Gasteiger partial charge on any atom is 0.294 e. The van der Waals surface area contributed by atoms with Gasteiger partial charge in [-0.25, -0.2) is 0 Å². The van der Waals surface area contributed by atoms with E-state index in [-0.39, 0.29) is 26.4 Å². The molecule has 0 aromatic rings. The van der Waals surface area contributed by atoms with Crippen molar-refractivity contribution < 1.29 is 19.5 Å². The van der Waals surface area contributed by atoms with E-state index in [0.29, 0.717) is 0 Å². The van der Waals surface area contributed by atoms with Gasteiger partial charge in [0.25, 0.3) is 5.09 Å². The highest BCUT2D eigenvalue weighted by molar-refractivity contribution is 4.27. The second kappa shape index (κ2) is 7.66. The molecule has 0 N–H and O–H groups in total. The van der Waals surface area contributed by atoms with Crippen LogP contribution in [0.25, 0.3) is 0 Å². The van der Waals surface area contributed by atoms with Crippen molar-refractivity contribution in [3.05, 3.63) is 15.0 Å². The summed E-state index contributed by atoms with van der Waals surface area (Å²) in [5, 5.41) is 10.8. The molecule has 8 heteroatoms. The van der Waals surface area contributed by atoms with Crippen molar-refractivity contribution in [1.82, 2.24) is 0 Å². The minimum Gasteiger partial charge on any atom is -0.376 e. The molecule has 0 rings (SSSR count). The Morgan fingerprint density at radius 3 is 2.50 bits per heavy atom. The molecule has 8 nitrogen and oxygen atoms in total. The van der Waals surface area contributed by atoms with Crippen LogP contribution in [-0.2, 0) is 14.4 Å². The van der Waals surface area contributed by atoms with Crippen molar-refractivity contribution >= 4 is 0 Å².